The first-order chi connectivity index (χ1) is 6.36. The summed E-state index contributed by atoms with van der Waals surface area (Å²) < 4.78 is 0. The molecule has 0 aromatic heterocycles. The van der Waals surface area contributed by atoms with Gasteiger partial charge < -0.3 is 10.2 Å². The SMILES string of the molecule is CN1CCC(C2CNCC[N]2)CC1. The summed E-state index contributed by atoms with van der Waals surface area (Å²) in [6, 6.07) is 0.613. The van der Waals surface area contributed by atoms with Gasteiger partial charge in [0.1, 0.15) is 0 Å². The maximum absolute atomic E-state index is 4.70. The van der Waals surface area contributed by atoms with Crippen molar-refractivity contribution in [3.8, 4) is 0 Å². The van der Waals surface area contributed by atoms with Gasteiger partial charge in [-0.15, -0.1) is 0 Å². The minimum atomic E-state index is 0.613. The summed E-state index contributed by atoms with van der Waals surface area (Å²) in [5.74, 6) is 0.851. The smallest absolute Gasteiger partial charge is 0.0400 e. The van der Waals surface area contributed by atoms with Crippen LogP contribution in [0.15, 0.2) is 0 Å². The van der Waals surface area contributed by atoms with Gasteiger partial charge >= 0.3 is 0 Å². The van der Waals surface area contributed by atoms with E-state index in [4.69, 9.17) is 5.32 Å². The van der Waals surface area contributed by atoms with Crippen molar-refractivity contribution in [2.24, 2.45) is 5.92 Å². The fourth-order valence-electron chi connectivity index (χ4n) is 2.35. The zero-order valence-electron chi connectivity index (χ0n) is 8.50. The minimum absolute atomic E-state index is 0.613. The Morgan fingerprint density at radius 1 is 1.31 bits per heavy atom. The molecule has 3 heteroatoms. The Bertz CT molecular complexity index is 146. The van der Waals surface area contributed by atoms with Crippen LogP contribution in [0, 0.1) is 5.92 Å². The van der Waals surface area contributed by atoms with Crippen LogP contribution in [0.4, 0.5) is 0 Å². The van der Waals surface area contributed by atoms with Crippen LogP contribution in [-0.4, -0.2) is 50.7 Å². The molecule has 0 spiro atoms. The molecule has 0 saturated carbocycles. The molecule has 13 heavy (non-hydrogen) atoms. The summed E-state index contributed by atoms with van der Waals surface area (Å²) in [5, 5.41) is 8.13. The second-order valence-electron chi connectivity index (χ2n) is 4.32. The lowest BCUT2D eigenvalue weighted by molar-refractivity contribution is 0.173. The van der Waals surface area contributed by atoms with Crippen molar-refractivity contribution in [3.05, 3.63) is 0 Å². The Labute approximate surface area is 80.9 Å². The number of piperidine rings is 1. The molecule has 2 aliphatic heterocycles. The topological polar surface area (TPSA) is 29.4 Å². The van der Waals surface area contributed by atoms with Crippen LogP contribution >= 0.6 is 0 Å². The van der Waals surface area contributed by atoms with Crippen molar-refractivity contribution >= 4 is 0 Å². The van der Waals surface area contributed by atoms with Crippen molar-refractivity contribution in [2.45, 2.75) is 18.9 Å². The van der Waals surface area contributed by atoms with Crippen LogP contribution < -0.4 is 10.6 Å². The second-order valence-corrected chi connectivity index (χ2v) is 4.32. The number of piperazine rings is 1. The molecule has 0 amide bonds. The first-order valence-electron chi connectivity index (χ1n) is 5.42. The second kappa shape index (κ2) is 4.40. The molecule has 75 valence electrons. The molecule has 2 heterocycles. The maximum Gasteiger partial charge on any atom is 0.0400 e. The van der Waals surface area contributed by atoms with Crippen LogP contribution in [0.5, 0.6) is 0 Å². The number of nitrogens with one attached hydrogen (secondary N) is 1. The summed E-state index contributed by atoms with van der Waals surface area (Å²) in [5.41, 5.74) is 0. The predicted octanol–water partition coefficient (Wildman–Crippen LogP) is -0.0956. The van der Waals surface area contributed by atoms with Gasteiger partial charge in [-0.05, 0) is 38.9 Å². The molecule has 1 atom stereocenters. The third-order valence-corrected chi connectivity index (χ3v) is 3.31. The quantitative estimate of drug-likeness (QED) is 0.614. The highest BCUT2D eigenvalue weighted by atomic mass is 15.1. The van der Waals surface area contributed by atoms with E-state index >= 15 is 0 Å². The van der Waals surface area contributed by atoms with Crippen molar-refractivity contribution in [2.75, 3.05) is 39.8 Å². The molecular formula is C10H20N3. The average molecular weight is 182 g/mol. The molecule has 0 bridgehead atoms. The number of nitrogens with zero attached hydrogens (tertiary/aromatic N) is 2. The lowest BCUT2D eigenvalue weighted by Gasteiger charge is -2.36. The van der Waals surface area contributed by atoms with Crippen molar-refractivity contribution in [1.82, 2.24) is 15.5 Å². The van der Waals surface area contributed by atoms with Crippen LogP contribution in [0.25, 0.3) is 0 Å². The van der Waals surface area contributed by atoms with Gasteiger partial charge in [0, 0.05) is 25.7 Å². The van der Waals surface area contributed by atoms with Crippen LogP contribution in [0.1, 0.15) is 12.8 Å². The third-order valence-electron chi connectivity index (χ3n) is 3.31. The summed E-state index contributed by atoms with van der Waals surface area (Å²) in [6.45, 7) is 5.75. The normalized spacial score (nSPS) is 33.5. The molecule has 3 nitrogen and oxygen atoms in total. The molecule has 2 saturated heterocycles. The first-order valence-corrected chi connectivity index (χ1v) is 5.42. The molecular weight excluding hydrogens is 162 g/mol. The van der Waals surface area contributed by atoms with Gasteiger partial charge in [-0.2, -0.15) is 0 Å². The van der Waals surface area contributed by atoms with E-state index in [-0.39, 0.29) is 0 Å². The van der Waals surface area contributed by atoms with E-state index < -0.39 is 0 Å². The third kappa shape index (κ3) is 2.42. The highest BCUT2D eigenvalue weighted by Crippen LogP contribution is 2.20. The van der Waals surface area contributed by atoms with Gasteiger partial charge in [-0.1, -0.05) is 0 Å². The Morgan fingerprint density at radius 2 is 2.08 bits per heavy atom. The summed E-state index contributed by atoms with van der Waals surface area (Å²) >= 11 is 0. The predicted molar refractivity (Wildman–Crippen MR) is 53.9 cm³/mol. The molecule has 0 aromatic carbocycles. The van der Waals surface area contributed by atoms with E-state index in [1.807, 2.05) is 0 Å². The zero-order chi connectivity index (χ0) is 9.10. The van der Waals surface area contributed by atoms with E-state index in [2.05, 4.69) is 17.3 Å². The van der Waals surface area contributed by atoms with Crippen LogP contribution in [0.3, 0.4) is 0 Å². The molecule has 0 aromatic rings. The van der Waals surface area contributed by atoms with E-state index in [1.165, 1.54) is 25.9 Å². The Balaban J connectivity index is 1.79. The molecule has 1 unspecified atom stereocenters. The highest BCUT2D eigenvalue weighted by Gasteiger charge is 2.26. The standard InChI is InChI=1S/C10H20N3/c1-13-6-2-9(3-7-13)10-8-11-4-5-12-10/h9-11H,2-8H2,1H3. The summed E-state index contributed by atoms with van der Waals surface area (Å²) in [7, 11) is 2.21. The van der Waals surface area contributed by atoms with Gasteiger partial charge in [-0.3, -0.25) is 0 Å². The number of hydrogen-bond acceptors (Lipinski definition) is 2. The minimum Gasteiger partial charge on any atom is -0.314 e. The summed E-state index contributed by atoms with van der Waals surface area (Å²) in [6.07, 6.45) is 2.68. The number of hydrogen-bond donors (Lipinski definition) is 1. The van der Waals surface area contributed by atoms with Gasteiger partial charge in [-0.25, -0.2) is 5.32 Å². The molecule has 1 N–H and O–H groups in total. The van der Waals surface area contributed by atoms with Gasteiger partial charge in [0.25, 0.3) is 0 Å². The molecule has 1 radical (unpaired) electrons. The zero-order valence-corrected chi connectivity index (χ0v) is 8.50. The monoisotopic (exact) mass is 182 g/mol. The fourth-order valence-corrected chi connectivity index (χ4v) is 2.35. The molecule has 2 rings (SSSR count). The van der Waals surface area contributed by atoms with Crippen LogP contribution in [-0.2, 0) is 0 Å². The molecule has 2 aliphatic rings. The van der Waals surface area contributed by atoms with Crippen LogP contribution in [0.2, 0.25) is 0 Å². The fraction of sp³-hybridized carbons (Fsp3) is 1.00. The summed E-state index contributed by atoms with van der Waals surface area (Å²) in [4.78, 5) is 2.42. The Hall–Kier alpha value is -0.120. The molecule has 0 aliphatic carbocycles. The van der Waals surface area contributed by atoms with Crippen molar-refractivity contribution in [3.63, 3.8) is 0 Å². The maximum atomic E-state index is 4.70. The van der Waals surface area contributed by atoms with Crippen molar-refractivity contribution < 1.29 is 0 Å². The largest absolute Gasteiger partial charge is 0.314 e. The van der Waals surface area contributed by atoms with E-state index in [0.717, 1.165) is 25.6 Å². The van der Waals surface area contributed by atoms with Gasteiger partial charge in [0.15, 0.2) is 0 Å². The molecule has 2 fully saturated rings. The van der Waals surface area contributed by atoms with E-state index in [0.29, 0.717) is 6.04 Å². The Kier molecular flexibility index (Phi) is 3.19. The van der Waals surface area contributed by atoms with E-state index in [9.17, 15) is 0 Å². The first kappa shape index (κ1) is 9.44. The number of likely N-dealkylation sites (tertiary alicyclic amines) is 1. The average Bonchev–Trinajstić information content (AvgIpc) is 2.20. The lowest BCUT2D eigenvalue weighted by atomic mass is 9.89. The van der Waals surface area contributed by atoms with Gasteiger partial charge in [0.2, 0.25) is 0 Å². The highest BCUT2D eigenvalue weighted by molar-refractivity contribution is 4.85. The Morgan fingerprint density at radius 3 is 2.69 bits per heavy atom. The van der Waals surface area contributed by atoms with E-state index in [1.54, 1.807) is 0 Å². The van der Waals surface area contributed by atoms with Crippen molar-refractivity contribution in [1.29, 1.82) is 0 Å². The lowest BCUT2D eigenvalue weighted by Crippen LogP contribution is -2.50. The number of rotatable bonds is 1. The van der Waals surface area contributed by atoms with Gasteiger partial charge in [0.05, 0.1) is 0 Å².